The number of rotatable bonds is 4. The number of nitrogens with zero attached hydrogens (tertiary/aromatic N) is 6. The molecule has 26 heavy (non-hydrogen) atoms. The van der Waals surface area contributed by atoms with Gasteiger partial charge in [-0.3, -0.25) is 0 Å². The minimum absolute atomic E-state index is 0.333. The lowest BCUT2D eigenvalue weighted by molar-refractivity contribution is 0.369. The zero-order valence-electron chi connectivity index (χ0n) is 15.7. The van der Waals surface area contributed by atoms with E-state index in [0.29, 0.717) is 12.3 Å². The Bertz CT molecular complexity index is 763. The molecule has 0 aliphatic carbocycles. The first-order valence-corrected chi connectivity index (χ1v) is 9.01. The van der Waals surface area contributed by atoms with Crippen molar-refractivity contribution in [1.29, 1.82) is 0 Å². The summed E-state index contributed by atoms with van der Waals surface area (Å²) in [6, 6.07) is 7.49. The zero-order chi connectivity index (χ0) is 18.5. The van der Waals surface area contributed by atoms with Crippen LogP contribution in [0.15, 0.2) is 29.3 Å². The summed E-state index contributed by atoms with van der Waals surface area (Å²) < 4.78 is 1.96. The van der Waals surface area contributed by atoms with Gasteiger partial charge in [0.25, 0.3) is 0 Å². The predicted octanol–water partition coefficient (Wildman–Crippen LogP) is 1.12. The summed E-state index contributed by atoms with van der Waals surface area (Å²) in [6.07, 6.45) is 0. The first-order valence-electron chi connectivity index (χ1n) is 9.01. The second-order valence-corrected chi connectivity index (χ2v) is 6.36. The van der Waals surface area contributed by atoms with E-state index in [-0.39, 0.29) is 0 Å². The number of piperazine rings is 1. The van der Waals surface area contributed by atoms with Crippen LogP contribution in [0.2, 0.25) is 0 Å². The van der Waals surface area contributed by atoms with Gasteiger partial charge in [0.2, 0.25) is 0 Å². The smallest absolute Gasteiger partial charge is 0.194 e. The number of aryl methyl sites for hydroxylation is 1. The fourth-order valence-electron chi connectivity index (χ4n) is 3.05. The molecule has 0 unspecified atom stereocenters. The minimum Gasteiger partial charge on any atom is -0.506 e. The van der Waals surface area contributed by atoms with Gasteiger partial charge < -0.3 is 24.8 Å². The zero-order valence-corrected chi connectivity index (χ0v) is 15.7. The molecule has 3 rings (SSSR count). The van der Waals surface area contributed by atoms with Gasteiger partial charge in [0.15, 0.2) is 11.8 Å². The van der Waals surface area contributed by atoms with Gasteiger partial charge >= 0.3 is 0 Å². The number of anilines is 1. The van der Waals surface area contributed by atoms with Crippen molar-refractivity contribution in [2.24, 2.45) is 12.0 Å². The van der Waals surface area contributed by atoms with E-state index in [2.05, 4.69) is 32.2 Å². The molecule has 8 nitrogen and oxygen atoms in total. The largest absolute Gasteiger partial charge is 0.506 e. The number of phenols is 1. The highest BCUT2D eigenvalue weighted by Crippen LogP contribution is 2.27. The van der Waals surface area contributed by atoms with Crippen molar-refractivity contribution >= 4 is 11.6 Å². The maximum atomic E-state index is 10.1. The molecule has 1 aromatic heterocycles. The second-order valence-electron chi connectivity index (χ2n) is 6.36. The Morgan fingerprint density at radius 2 is 1.92 bits per heavy atom. The Labute approximate surface area is 154 Å². The Kier molecular flexibility index (Phi) is 5.60. The molecule has 1 fully saturated rings. The lowest BCUT2D eigenvalue weighted by Gasteiger charge is -2.37. The van der Waals surface area contributed by atoms with Gasteiger partial charge in [-0.05, 0) is 26.0 Å². The Morgan fingerprint density at radius 1 is 1.19 bits per heavy atom. The van der Waals surface area contributed by atoms with Crippen LogP contribution in [0.4, 0.5) is 5.69 Å². The van der Waals surface area contributed by atoms with Crippen LogP contribution < -0.4 is 10.2 Å². The van der Waals surface area contributed by atoms with E-state index in [1.54, 1.807) is 6.07 Å². The molecular formula is C18H27N7O. The summed E-state index contributed by atoms with van der Waals surface area (Å²) in [4.78, 5) is 9.20. The standard InChI is InChI=1S/C18H27N7O/c1-4-19-18(20-13-17-22-21-14(2)23(17)3)25-11-9-24(10-12-25)15-7-5-6-8-16(15)26/h5-8,26H,4,9-13H2,1-3H3,(H,19,20). The number of aromatic nitrogens is 3. The van der Waals surface area contributed by atoms with Gasteiger partial charge in [0, 0.05) is 39.8 Å². The average Bonchev–Trinajstić information content (AvgIpc) is 2.98. The molecule has 0 radical (unpaired) electrons. The summed E-state index contributed by atoms with van der Waals surface area (Å²) in [6.45, 7) is 8.69. The van der Waals surface area contributed by atoms with Crippen molar-refractivity contribution in [2.45, 2.75) is 20.4 Å². The van der Waals surface area contributed by atoms with Crippen LogP contribution in [-0.4, -0.2) is 63.5 Å². The number of guanidine groups is 1. The molecule has 2 aromatic rings. The number of hydrogen-bond acceptors (Lipinski definition) is 5. The second kappa shape index (κ2) is 8.07. The monoisotopic (exact) mass is 357 g/mol. The van der Waals surface area contributed by atoms with Crippen LogP contribution >= 0.6 is 0 Å². The number of benzene rings is 1. The van der Waals surface area contributed by atoms with Crippen LogP contribution in [0, 0.1) is 6.92 Å². The van der Waals surface area contributed by atoms with Crippen molar-refractivity contribution < 1.29 is 5.11 Å². The molecule has 0 atom stereocenters. The summed E-state index contributed by atoms with van der Waals surface area (Å²) in [5.74, 6) is 2.96. The molecule has 2 N–H and O–H groups in total. The number of hydrogen-bond donors (Lipinski definition) is 2. The van der Waals surface area contributed by atoms with E-state index in [9.17, 15) is 5.11 Å². The summed E-state index contributed by atoms with van der Waals surface area (Å²) in [5.41, 5.74) is 0.892. The SMILES string of the molecule is CCNC(=NCc1nnc(C)n1C)N1CCN(c2ccccc2O)CC1. The lowest BCUT2D eigenvalue weighted by atomic mass is 10.2. The maximum Gasteiger partial charge on any atom is 0.194 e. The lowest BCUT2D eigenvalue weighted by Crippen LogP contribution is -2.52. The number of para-hydroxylation sites is 2. The van der Waals surface area contributed by atoms with Crippen molar-refractivity contribution in [3.05, 3.63) is 35.9 Å². The third-order valence-corrected chi connectivity index (χ3v) is 4.69. The van der Waals surface area contributed by atoms with E-state index in [4.69, 9.17) is 4.99 Å². The average molecular weight is 357 g/mol. The van der Waals surface area contributed by atoms with E-state index >= 15 is 0 Å². The van der Waals surface area contributed by atoms with Crippen LogP contribution in [0.25, 0.3) is 0 Å². The normalized spacial score (nSPS) is 15.4. The highest BCUT2D eigenvalue weighted by atomic mass is 16.3. The van der Waals surface area contributed by atoms with E-state index in [0.717, 1.165) is 56.0 Å². The summed E-state index contributed by atoms with van der Waals surface area (Å²) >= 11 is 0. The summed E-state index contributed by atoms with van der Waals surface area (Å²) in [5, 5.41) is 21.7. The number of nitrogens with one attached hydrogen (secondary N) is 1. The fraction of sp³-hybridized carbons (Fsp3) is 0.500. The molecule has 0 amide bonds. The molecule has 0 spiro atoms. The van der Waals surface area contributed by atoms with Gasteiger partial charge in [0.05, 0.1) is 5.69 Å². The van der Waals surface area contributed by atoms with E-state index in [1.807, 2.05) is 36.7 Å². The van der Waals surface area contributed by atoms with Crippen LogP contribution in [-0.2, 0) is 13.6 Å². The van der Waals surface area contributed by atoms with Gasteiger partial charge in [-0.25, -0.2) is 4.99 Å². The third kappa shape index (κ3) is 3.89. The highest BCUT2D eigenvalue weighted by Gasteiger charge is 2.21. The van der Waals surface area contributed by atoms with Gasteiger partial charge in [-0.1, -0.05) is 12.1 Å². The van der Waals surface area contributed by atoms with Crippen molar-refractivity contribution in [1.82, 2.24) is 25.0 Å². The molecule has 0 bridgehead atoms. The van der Waals surface area contributed by atoms with Crippen molar-refractivity contribution in [3.8, 4) is 5.75 Å². The first-order chi connectivity index (χ1) is 12.6. The molecule has 140 valence electrons. The van der Waals surface area contributed by atoms with Gasteiger partial charge in [-0.15, -0.1) is 10.2 Å². The molecule has 1 aliphatic heterocycles. The Morgan fingerprint density at radius 3 is 2.54 bits per heavy atom. The first kappa shape index (κ1) is 18.0. The van der Waals surface area contributed by atoms with Crippen molar-refractivity contribution in [2.75, 3.05) is 37.6 Å². The van der Waals surface area contributed by atoms with E-state index < -0.39 is 0 Å². The van der Waals surface area contributed by atoms with Crippen LogP contribution in [0.1, 0.15) is 18.6 Å². The molecule has 1 aromatic carbocycles. The molecule has 8 heteroatoms. The van der Waals surface area contributed by atoms with E-state index in [1.165, 1.54) is 0 Å². The molecule has 2 heterocycles. The minimum atomic E-state index is 0.333. The summed E-state index contributed by atoms with van der Waals surface area (Å²) in [7, 11) is 1.96. The highest BCUT2D eigenvalue weighted by molar-refractivity contribution is 5.80. The van der Waals surface area contributed by atoms with Crippen LogP contribution in [0.5, 0.6) is 5.75 Å². The number of aliphatic imine (C=N–C) groups is 1. The fourth-order valence-corrected chi connectivity index (χ4v) is 3.05. The number of phenolic OH excluding ortho intramolecular Hbond substituents is 1. The Balaban J connectivity index is 1.65. The molecule has 1 saturated heterocycles. The van der Waals surface area contributed by atoms with Crippen molar-refractivity contribution in [3.63, 3.8) is 0 Å². The van der Waals surface area contributed by atoms with Gasteiger partial charge in [-0.2, -0.15) is 0 Å². The van der Waals surface area contributed by atoms with Gasteiger partial charge in [0.1, 0.15) is 18.1 Å². The topological polar surface area (TPSA) is 81.8 Å². The maximum absolute atomic E-state index is 10.1. The Hall–Kier alpha value is -2.77. The molecular weight excluding hydrogens is 330 g/mol. The third-order valence-electron chi connectivity index (χ3n) is 4.69. The predicted molar refractivity (Wildman–Crippen MR) is 102 cm³/mol. The molecule has 0 saturated carbocycles. The quantitative estimate of drug-likeness (QED) is 0.630. The number of aromatic hydroxyl groups is 1. The molecule has 1 aliphatic rings. The van der Waals surface area contributed by atoms with Crippen LogP contribution in [0.3, 0.4) is 0 Å².